The Labute approximate surface area is 224 Å². The van der Waals surface area contributed by atoms with Gasteiger partial charge in [0.2, 0.25) is 0 Å². The first-order valence-corrected chi connectivity index (χ1v) is 13.9. The van der Waals surface area contributed by atoms with Gasteiger partial charge in [-0.15, -0.1) is 0 Å². The molecular weight excluding hydrogens is 526 g/mol. The van der Waals surface area contributed by atoms with Crippen molar-refractivity contribution in [1.82, 2.24) is 0 Å². The molecule has 0 saturated heterocycles. The van der Waals surface area contributed by atoms with E-state index in [1.54, 1.807) is 0 Å². The lowest BCUT2D eigenvalue weighted by Gasteiger charge is -2.48. The first-order chi connectivity index (χ1) is 18.4. The number of hydrogen-bond acceptors (Lipinski definition) is 8. The summed E-state index contributed by atoms with van der Waals surface area (Å²) in [6.45, 7) is -0.104. The Kier molecular flexibility index (Phi) is 11.5. The molecule has 0 aliphatic carbocycles. The van der Waals surface area contributed by atoms with E-state index in [0.29, 0.717) is 11.1 Å². The molecule has 6 N–H and O–H groups in total. The van der Waals surface area contributed by atoms with Crippen LogP contribution < -0.4 is 0 Å². The van der Waals surface area contributed by atoms with E-state index in [2.05, 4.69) is 4.31 Å². The fourth-order valence-electron chi connectivity index (χ4n) is 4.40. The Morgan fingerprint density at radius 3 is 1.11 bits per heavy atom. The Morgan fingerprint density at radius 1 is 0.526 bits per heavy atom. The van der Waals surface area contributed by atoms with Crippen LogP contribution >= 0.6 is 17.2 Å². The van der Waals surface area contributed by atoms with Gasteiger partial charge in [0, 0.05) is 0 Å². The average Bonchev–Trinajstić information content (AvgIpc) is 2.95. The second-order valence-corrected chi connectivity index (χ2v) is 9.68. The molecule has 0 aliphatic heterocycles. The van der Waals surface area contributed by atoms with Gasteiger partial charge >= 0.3 is 17.2 Å². The SMILES string of the molecule is OCCOC(c1ccccc1)(c1ccccc1)C(O)(c1ccccc1)c1ccccc1.OP(O)OP(O)O. The van der Waals surface area contributed by atoms with Crippen molar-refractivity contribution in [2.75, 3.05) is 13.2 Å². The van der Waals surface area contributed by atoms with Gasteiger partial charge in [-0.25, -0.2) is 4.31 Å². The van der Waals surface area contributed by atoms with E-state index in [1.807, 2.05) is 121 Å². The Morgan fingerprint density at radius 2 is 0.842 bits per heavy atom. The summed E-state index contributed by atoms with van der Waals surface area (Å²) in [5, 5.41) is 22.5. The Hall–Kier alpha value is -2.58. The molecule has 0 amide bonds. The number of benzene rings is 4. The van der Waals surface area contributed by atoms with E-state index < -0.39 is 28.4 Å². The quantitative estimate of drug-likeness (QED) is 0.159. The molecule has 4 rings (SSSR count). The summed E-state index contributed by atoms with van der Waals surface area (Å²) in [7, 11) is -5.22. The monoisotopic (exact) mass is 556 g/mol. The second kappa shape index (κ2) is 14.5. The molecule has 0 radical (unpaired) electrons. The van der Waals surface area contributed by atoms with Crippen molar-refractivity contribution >= 4 is 17.2 Å². The third-order valence-electron chi connectivity index (χ3n) is 5.81. The summed E-state index contributed by atoms with van der Waals surface area (Å²) in [6.07, 6.45) is 0. The summed E-state index contributed by atoms with van der Waals surface area (Å²) >= 11 is 0. The summed E-state index contributed by atoms with van der Waals surface area (Å²) < 4.78 is 10.1. The molecule has 0 unspecified atom stereocenters. The van der Waals surface area contributed by atoms with E-state index >= 15 is 0 Å². The van der Waals surface area contributed by atoms with E-state index in [1.165, 1.54) is 0 Å². The molecule has 4 aromatic rings. The van der Waals surface area contributed by atoms with Gasteiger partial charge in [-0.05, 0) is 22.3 Å². The summed E-state index contributed by atoms with van der Waals surface area (Å²) in [4.78, 5) is 31.3. The molecule has 0 bridgehead atoms. The number of aliphatic hydroxyl groups is 2. The number of ether oxygens (including phenoxy) is 1. The molecule has 8 nitrogen and oxygen atoms in total. The Balaban J connectivity index is 0.000000505. The number of hydrogen-bond donors (Lipinski definition) is 6. The highest BCUT2D eigenvalue weighted by Gasteiger charge is 2.56. The lowest BCUT2D eigenvalue weighted by atomic mass is 9.66. The number of aliphatic hydroxyl groups excluding tert-OH is 1. The van der Waals surface area contributed by atoms with Gasteiger partial charge in [0.15, 0.2) is 11.2 Å². The summed E-state index contributed by atoms with van der Waals surface area (Å²) in [5.74, 6) is 0. The van der Waals surface area contributed by atoms with Gasteiger partial charge in [-0.3, -0.25) is 0 Å². The van der Waals surface area contributed by atoms with Crippen LogP contribution in [0.5, 0.6) is 0 Å². The normalized spacial score (nSPS) is 11.8. The van der Waals surface area contributed by atoms with Gasteiger partial charge < -0.3 is 34.5 Å². The highest BCUT2D eigenvalue weighted by atomic mass is 31.2. The third-order valence-corrected chi connectivity index (χ3v) is 6.98. The van der Waals surface area contributed by atoms with Gasteiger partial charge in [-0.2, -0.15) is 0 Å². The van der Waals surface area contributed by atoms with E-state index in [9.17, 15) is 10.2 Å². The first kappa shape index (κ1) is 30.0. The highest BCUT2D eigenvalue weighted by Crippen LogP contribution is 2.52. The third kappa shape index (κ3) is 6.89. The molecule has 4 aromatic carbocycles. The van der Waals surface area contributed by atoms with E-state index in [0.717, 1.165) is 11.1 Å². The van der Waals surface area contributed by atoms with Crippen molar-refractivity contribution < 1.29 is 38.8 Å². The van der Waals surface area contributed by atoms with Crippen LogP contribution in [0.1, 0.15) is 22.3 Å². The average molecular weight is 556 g/mol. The van der Waals surface area contributed by atoms with Gasteiger partial charge in [0.1, 0.15) is 0 Å². The van der Waals surface area contributed by atoms with Crippen molar-refractivity contribution in [2.45, 2.75) is 11.2 Å². The van der Waals surface area contributed by atoms with Crippen molar-refractivity contribution in [1.29, 1.82) is 0 Å². The maximum atomic E-state index is 12.8. The fourth-order valence-corrected chi connectivity index (χ4v) is 4.92. The summed E-state index contributed by atoms with van der Waals surface area (Å²) in [6, 6.07) is 38.6. The van der Waals surface area contributed by atoms with Gasteiger partial charge in [0.25, 0.3) is 0 Å². The zero-order valence-corrected chi connectivity index (χ0v) is 22.1. The standard InChI is InChI=1S/C28H26O3.H4O5P2/c29-21-22-31-28(25-17-9-3-10-18-25,26-19-11-4-12-20-26)27(30,23-13-5-1-6-14-23)24-15-7-2-8-16-24;1-6(2)5-7(3)4/h1-20,29-30H,21-22H2;1-4H. The van der Waals surface area contributed by atoms with Crippen molar-refractivity contribution in [3.8, 4) is 0 Å². The van der Waals surface area contributed by atoms with E-state index in [-0.39, 0.29) is 13.2 Å². The molecule has 0 heterocycles. The van der Waals surface area contributed by atoms with Crippen LogP contribution in [-0.4, -0.2) is 43.0 Å². The largest absolute Gasteiger partial charge is 0.394 e. The van der Waals surface area contributed by atoms with Crippen LogP contribution in [0.25, 0.3) is 0 Å². The minimum atomic E-state index is -2.61. The molecule has 200 valence electrons. The minimum absolute atomic E-state index is 0.0613. The van der Waals surface area contributed by atoms with Crippen LogP contribution in [0, 0.1) is 0 Å². The Bertz CT molecular complexity index is 1110. The lowest BCUT2D eigenvalue weighted by molar-refractivity contribution is -0.157. The van der Waals surface area contributed by atoms with Crippen LogP contribution in [-0.2, 0) is 20.2 Å². The van der Waals surface area contributed by atoms with Crippen LogP contribution in [0.4, 0.5) is 0 Å². The molecule has 0 spiro atoms. The van der Waals surface area contributed by atoms with Crippen molar-refractivity contribution in [3.05, 3.63) is 144 Å². The molecule has 0 saturated carbocycles. The van der Waals surface area contributed by atoms with Crippen LogP contribution in [0.3, 0.4) is 0 Å². The maximum absolute atomic E-state index is 12.8. The highest BCUT2D eigenvalue weighted by molar-refractivity contribution is 7.53. The zero-order valence-electron chi connectivity index (χ0n) is 20.4. The topological polar surface area (TPSA) is 140 Å². The molecule has 0 atom stereocenters. The van der Waals surface area contributed by atoms with Gasteiger partial charge in [0.05, 0.1) is 13.2 Å². The van der Waals surface area contributed by atoms with E-state index in [4.69, 9.17) is 24.3 Å². The maximum Gasteiger partial charge on any atom is 0.334 e. The summed E-state index contributed by atoms with van der Waals surface area (Å²) in [5.41, 5.74) is 0.113. The zero-order chi connectivity index (χ0) is 27.4. The van der Waals surface area contributed by atoms with Crippen LogP contribution in [0.2, 0.25) is 0 Å². The molecule has 0 fully saturated rings. The van der Waals surface area contributed by atoms with Crippen LogP contribution in [0.15, 0.2) is 121 Å². The van der Waals surface area contributed by atoms with Gasteiger partial charge in [-0.1, -0.05) is 121 Å². The molecule has 0 aromatic heterocycles. The first-order valence-electron chi connectivity index (χ1n) is 11.6. The molecular formula is C28H30O8P2. The smallest absolute Gasteiger partial charge is 0.334 e. The predicted molar refractivity (Wildman–Crippen MR) is 146 cm³/mol. The minimum Gasteiger partial charge on any atom is -0.394 e. The molecule has 10 heteroatoms. The van der Waals surface area contributed by atoms with Crippen molar-refractivity contribution in [2.24, 2.45) is 0 Å². The number of rotatable bonds is 10. The van der Waals surface area contributed by atoms with Crippen molar-refractivity contribution in [3.63, 3.8) is 0 Å². The molecule has 0 aliphatic rings. The predicted octanol–water partition coefficient (Wildman–Crippen LogP) is 4.30. The lowest BCUT2D eigenvalue weighted by Crippen LogP contribution is -2.53. The fraction of sp³-hybridized carbons (Fsp3) is 0.143. The molecule has 38 heavy (non-hydrogen) atoms. The second-order valence-electron chi connectivity index (χ2n) is 8.01.